The van der Waals surface area contributed by atoms with Crippen LogP contribution >= 0.6 is 0 Å². The van der Waals surface area contributed by atoms with Crippen LogP contribution in [0, 0.1) is 13.8 Å². The molecule has 2 nitrogen and oxygen atoms in total. The summed E-state index contributed by atoms with van der Waals surface area (Å²) in [5.74, 6) is 1.22. The molecule has 1 aromatic rings. The normalized spacial score (nSPS) is 16.4. The highest BCUT2D eigenvalue weighted by Crippen LogP contribution is 2.28. The van der Waals surface area contributed by atoms with Gasteiger partial charge in [-0.2, -0.15) is 0 Å². The fourth-order valence-electron chi connectivity index (χ4n) is 2.05. The number of rotatable bonds is 2. The molecule has 0 spiro atoms. The van der Waals surface area contributed by atoms with Crippen LogP contribution in [0.25, 0.3) is 0 Å². The van der Waals surface area contributed by atoms with Crippen LogP contribution in [0.5, 0.6) is 0 Å². The average molecular weight is 214 g/mol. The number of allylic oxidation sites excluding steroid dienone is 1. The molecule has 0 saturated heterocycles. The first kappa shape index (κ1) is 10.8. The predicted octanol–water partition coefficient (Wildman–Crippen LogP) is 2.91. The van der Waals surface area contributed by atoms with E-state index >= 15 is 0 Å². The fourth-order valence-corrected chi connectivity index (χ4v) is 2.05. The van der Waals surface area contributed by atoms with Crippen molar-refractivity contribution in [2.45, 2.75) is 26.7 Å². The van der Waals surface area contributed by atoms with Crippen molar-refractivity contribution in [2.75, 3.05) is 0 Å². The molecule has 1 atom stereocenters. The van der Waals surface area contributed by atoms with Gasteiger partial charge in [0.05, 0.1) is 5.82 Å². The zero-order chi connectivity index (χ0) is 11.7. The van der Waals surface area contributed by atoms with Crippen molar-refractivity contribution >= 4 is 0 Å². The predicted molar refractivity (Wildman–Crippen MR) is 67.8 cm³/mol. The topological polar surface area (TPSA) is 24.1 Å². The van der Waals surface area contributed by atoms with E-state index in [-0.39, 0.29) is 0 Å². The lowest BCUT2D eigenvalue weighted by atomic mass is 9.91. The van der Waals surface area contributed by atoms with Crippen LogP contribution in [-0.2, 0) is 0 Å². The lowest BCUT2D eigenvalue weighted by Crippen LogP contribution is -2.14. The molecule has 2 heteroatoms. The Hall–Kier alpha value is -1.70. The highest BCUT2D eigenvalue weighted by Gasteiger charge is 2.17. The van der Waals surface area contributed by atoms with E-state index in [4.69, 9.17) is 0 Å². The Morgan fingerprint density at radius 1 is 1.25 bits per heavy atom. The summed E-state index contributed by atoms with van der Waals surface area (Å²) in [6.45, 7) is 10.4. The van der Waals surface area contributed by atoms with E-state index in [1.54, 1.807) is 0 Å². The zero-order valence-corrected chi connectivity index (χ0v) is 10.1. The van der Waals surface area contributed by atoms with E-state index in [9.17, 15) is 0 Å². The first-order chi connectivity index (χ1) is 7.59. The number of nitrogens with one attached hydrogen (secondary N) is 2. The minimum Gasteiger partial charge on any atom is -0.347 e. The van der Waals surface area contributed by atoms with Crippen molar-refractivity contribution in [3.63, 3.8) is 0 Å². The van der Waals surface area contributed by atoms with Crippen LogP contribution in [0.3, 0.4) is 0 Å². The quantitative estimate of drug-likeness (QED) is 0.791. The summed E-state index contributed by atoms with van der Waals surface area (Å²) in [6, 6.07) is 6.46. The third-order valence-electron chi connectivity index (χ3n) is 3.28. The van der Waals surface area contributed by atoms with Gasteiger partial charge in [0.1, 0.15) is 0 Å². The summed E-state index contributed by atoms with van der Waals surface area (Å²) in [5.41, 5.74) is 5.26. The second-order valence-electron chi connectivity index (χ2n) is 4.36. The molecule has 0 aromatic heterocycles. The van der Waals surface area contributed by atoms with Crippen molar-refractivity contribution in [1.82, 2.24) is 10.6 Å². The van der Waals surface area contributed by atoms with Crippen LogP contribution in [-0.4, -0.2) is 0 Å². The summed E-state index contributed by atoms with van der Waals surface area (Å²) >= 11 is 0. The average Bonchev–Trinajstić information content (AvgIpc) is 2.68. The molecule has 16 heavy (non-hydrogen) atoms. The van der Waals surface area contributed by atoms with E-state index in [1.807, 2.05) is 6.20 Å². The van der Waals surface area contributed by atoms with Gasteiger partial charge in [-0.25, -0.2) is 0 Å². The van der Waals surface area contributed by atoms with Crippen LogP contribution in [0.15, 0.2) is 42.5 Å². The van der Waals surface area contributed by atoms with Crippen molar-refractivity contribution in [3.8, 4) is 0 Å². The number of aryl methyl sites for hydroxylation is 1. The Kier molecular flexibility index (Phi) is 2.73. The molecular weight excluding hydrogens is 196 g/mol. The van der Waals surface area contributed by atoms with Gasteiger partial charge >= 0.3 is 0 Å². The molecule has 84 valence electrons. The molecule has 0 aliphatic carbocycles. The molecular formula is C14H18N2. The molecule has 1 aromatic carbocycles. The van der Waals surface area contributed by atoms with E-state index in [2.05, 4.69) is 56.2 Å². The van der Waals surface area contributed by atoms with Gasteiger partial charge in [0.2, 0.25) is 0 Å². The fraction of sp³-hybridized carbons (Fsp3) is 0.286. The highest BCUT2D eigenvalue weighted by molar-refractivity contribution is 5.40. The maximum Gasteiger partial charge on any atom is 0.0995 e. The van der Waals surface area contributed by atoms with Gasteiger partial charge in [-0.15, -0.1) is 0 Å². The van der Waals surface area contributed by atoms with E-state index in [1.165, 1.54) is 22.4 Å². The van der Waals surface area contributed by atoms with Crippen molar-refractivity contribution in [1.29, 1.82) is 0 Å². The summed E-state index contributed by atoms with van der Waals surface area (Å²) in [5, 5.41) is 6.34. The maximum atomic E-state index is 3.85. The number of benzene rings is 1. The highest BCUT2D eigenvalue weighted by atomic mass is 15.1. The molecule has 2 N–H and O–H groups in total. The Morgan fingerprint density at radius 2 is 2.00 bits per heavy atom. The van der Waals surface area contributed by atoms with E-state index in [0.717, 1.165) is 5.82 Å². The smallest absolute Gasteiger partial charge is 0.0995 e. The SMILES string of the molecule is C=C1NC=C([C@H](C)c2cccc(C)c2C)N1. The second-order valence-corrected chi connectivity index (χ2v) is 4.36. The van der Waals surface area contributed by atoms with Crippen molar-refractivity contribution in [3.05, 3.63) is 59.2 Å². The molecule has 0 amide bonds. The monoisotopic (exact) mass is 214 g/mol. The molecule has 1 aliphatic heterocycles. The molecule has 1 heterocycles. The molecule has 0 radical (unpaired) electrons. The standard InChI is InChI=1S/C14H18N2/c1-9-6-5-7-13(10(9)2)11(3)14-8-15-12(4)16-14/h5-8,11,15-16H,4H2,1-3H3/t11-/m1/s1. The number of hydrogen-bond acceptors (Lipinski definition) is 2. The Bertz CT molecular complexity index is 458. The van der Waals surface area contributed by atoms with Gasteiger partial charge in [-0.05, 0) is 30.5 Å². The molecule has 0 bridgehead atoms. The molecule has 0 fully saturated rings. The molecule has 0 saturated carbocycles. The largest absolute Gasteiger partial charge is 0.347 e. The van der Waals surface area contributed by atoms with Crippen LogP contribution in [0.4, 0.5) is 0 Å². The van der Waals surface area contributed by atoms with Crippen molar-refractivity contribution < 1.29 is 0 Å². The Balaban J connectivity index is 2.31. The second kappa shape index (κ2) is 4.05. The van der Waals surface area contributed by atoms with Gasteiger partial charge in [-0.1, -0.05) is 31.7 Å². The lowest BCUT2D eigenvalue weighted by Gasteiger charge is -2.17. The van der Waals surface area contributed by atoms with Gasteiger partial charge in [-0.3, -0.25) is 0 Å². The Labute approximate surface area is 97.1 Å². The molecule has 2 rings (SSSR count). The summed E-state index contributed by atoms with van der Waals surface area (Å²) < 4.78 is 0. The van der Waals surface area contributed by atoms with Crippen molar-refractivity contribution in [2.24, 2.45) is 0 Å². The third kappa shape index (κ3) is 1.83. The molecule has 1 aliphatic rings. The minimum atomic E-state index is 0.367. The number of hydrogen-bond donors (Lipinski definition) is 2. The van der Waals surface area contributed by atoms with Gasteiger partial charge in [0, 0.05) is 17.8 Å². The summed E-state index contributed by atoms with van der Waals surface area (Å²) in [6.07, 6.45) is 1.99. The van der Waals surface area contributed by atoms with Crippen LogP contribution in [0.2, 0.25) is 0 Å². The van der Waals surface area contributed by atoms with Gasteiger partial charge in [0.15, 0.2) is 0 Å². The maximum absolute atomic E-state index is 3.85. The lowest BCUT2D eigenvalue weighted by molar-refractivity contribution is 0.805. The zero-order valence-electron chi connectivity index (χ0n) is 10.1. The van der Waals surface area contributed by atoms with Gasteiger partial charge in [0.25, 0.3) is 0 Å². The third-order valence-corrected chi connectivity index (χ3v) is 3.28. The summed E-state index contributed by atoms with van der Waals surface area (Å²) in [4.78, 5) is 0. The van der Waals surface area contributed by atoms with E-state index in [0.29, 0.717) is 5.92 Å². The minimum absolute atomic E-state index is 0.367. The molecule has 0 unspecified atom stereocenters. The summed E-state index contributed by atoms with van der Waals surface area (Å²) in [7, 11) is 0. The Morgan fingerprint density at radius 3 is 2.62 bits per heavy atom. The van der Waals surface area contributed by atoms with Gasteiger partial charge < -0.3 is 10.6 Å². The first-order valence-corrected chi connectivity index (χ1v) is 5.58. The first-order valence-electron chi connectivity index (χ1n) is 5.58. The van der Waals surface area contributed by atoms with E-state index < -0.39 is 0 Å². The van der Waals surface area contributed by atoms with Crippen LogP contribution < -0.4 is 10.6 Å². The van der Waals surface area contributed by atoms with Crippen LogP contribution in [0.1, 0.15) is 29.5 Å².